The minimum atomic E-state index is 0. The number of hydrogen-bond acceptors (Lipinski definition) is 0. The smallest absolute Gasteiger partial charge is 0 e. The van der Waals surface area contributed by atoms with E-state index in [1.54, 1.807) is 0 Å². The van der Waals surface area contributed by atoms with Gasteiger partial charge in [0.25, 0.3) is 0 Å². The van der Waals surface area contributed by atoms with Crippen molar-refractivity contribution in [2.75, 3.05) is 0 Å². The molecule has 4 heteroatoms. The molecule has 2 radical (unpaired) electrons. The van der Waals surface area contributed by atoms with Gasteiger partial charge in [0, 0.05) is 53.6 Å². The molecule has 0 bridgehead atoms. The summed E-state index contributed by atoms with van der Waals surface area (Å²) < 4.78 is 0. The minimum Gasteiger partial charge on any atom is 0 e. The van der Waals surface area contributed by atoms with Crippen molar-refractivity contribution in [1.29, 1.82) is 0 Å². The molecule has 0 aromatic rings. The fourth-order valence-corrected chi connectivity index (χ4v) is 0. The normalized spacial score (nSPS) is 0. The van der Waals surface area contributed by atoms with Gasteiger partial charge in [0.15, 0.2) is 17.4 Å². The standard InChI is InChI=1S/Al.Cu.Mn.Zn.3H. The first-order valence-corrected chi connectivity index (χ1v) is 0. The molecule has 0 amide bonds. The van der Waals surface area contributed by atoms with Crippen molar-refractivity contribution >= 4 is 17.4 Å². The van der Waals surface area contributed by atoms with Crippen LogP contribution >= 0.6 is 0 Å². The Morgan fingerprint density at radius 1 is 1.00 bits per heavy atom. The van der Waals surface area contributed by atoms with Crippen LogP contribution in [-0.2, 0) is 53.6 Å². The number of rotatable bonds is 0. The van der Waals surface area contributed by atoms with E-state index < -0.39 is 0 Å². The van der Waals surface area contributed by atoms with E-state index >= 15 is 0 Å². The molecule has 0 nitrogen and oxygen atoms in total. The summed E-state index contributed by atoms with van der Waals surface area (Å²) in [6.07, 6.45) is 0. The van der Waals surface area contributed by atoms with Crippen molar-refractivity contribution in [2.24, 2.45) is 0 Å². The second-order valence-electron chi connectivity index (χ2n) is 0. The van der Waals surface area contributed by atoms with Gasteiger partial charge in [-0.2, -0.15) is 0 Å². The van der Waals surface area contributed by atoms with E-state index in [9.17, 15) is 0 Å². The summed E-state index contributed by atoms with van der Waals surface area (Å²) in [5.74, 6) is 0. The summed E-state index contributed by atoms with van der Waals surface area (Å²) in [6, 6.07) is 0. The molecule has 0 unspecified atom stereocenters. The van der Waals surface area contributed by atoms with Gasteiger partial charge < -0.3 is 0 Å². The predicted molar refractivity (Wildman–Crippen MR) is 9.94 cm³/mol. The zero-order valence-corrected chi connectivity index (χ0v) is 6.48. The number of hydrogen-bond donors (Lipinski definition) is 0. The van der Waals surface area contributed by atoms with Gasteiger partial charge in [-0.1, -0.05) is 0 Å². The van der Waals surface area contributed by atoms with Crippen LogP contribution in [0.3, 0.4) is 0 Å². The van der Waals surface area contributed by atoms with Gasteiger partial charge in [-0.15, -0.1) is 0 Å². The molecule has 0 aliphatic rings. The Kier molecular flexibility index (Phi) is 165. The summed E-state index contributed by atoms with van der Waals surface area (Å²) in [5, 5.41) is 0. The molecular weight excluding hydrogens is 211 g/mol. The van der Waals surface area contributed by atoms with Gasteiger partial charge in [-0.3, -0.25) is 0 Å². The fourth-order valence-electron chi connectivity index (χ4n) is 0. The van der Waals surface area contributed by atoms with E-state index in [4.69, 9.17) is 0 Å². The molecule has 0 saturated carbocycles. The van der Waals surface area contributed by atoms with Crippen molar-refractivity contribution < 1.29 is 53.6 Å². The van der Waals surface area contributed by atoms with Crippen LogP contribution in [0.2, 0.25) is 0 Å². The van der Waals surface area contributed by atoms with Crippen LogP contribution in [0.4, 0.5) is 0 Å². The second kappa shape index (κ2) is 19.0. The van der Waals surface area contributed by atoms with Gasteiger partial charge in [0.2, 0.25) is 0 Å². The summed E-state index contributed by atoms with van der Waals surface area (Å²) >= 11 is 0. The van der Waals surface area contributed by atoms with Crippen LogP contribution in [0.25, 0.3) is 0 Å². The Labute approximate surface area is 70.3 Å². The third-order valence-electron chi connectivity index (χ3n) is 0. The Morgan fingerprint density at radius 3 is 1.00 bits per heavy atom. The first-order valence-electron chi connectivity index (χ1n) is 0. The molecule has 0 atom stereocenters. The molecule has 0 aliphatic carbocycles. The molecule has 0 aliphatic heterocycles. The monoisotopic (exact) mass is 212 g/mol. The van der Waals surface area contributed by atoms with E-state index in [0.29, 0.717) is 0 Å². The fraction of sp³-hybridized carbons (Fsp3) is 0. The van der Waals surface area contributed by atoms with E-state index in [0.717, 1.165) is 0 Å². The Morgan fingerprint density at radius 2 is 1.00 bits per heavy atom. The van der Waals surface area contributed by atoms with Gasteiger partial charge >= 0.3 is 0 Å². The molecule has 0 spiro atoms. The van der Waals surface area contributed by atoms with E-state index in [2.05, 4.69) is 0 Å². The van der Waals surface area contributed by atoms with Crippen LogP contribution in [0.5, 0.6) is 0 Å². The molecule has 0 aromatic heterocycles. The topological polar surface area (TPSA) is 0 Å². The Balaban J connectivity index is 0. The van der Waals surface area contributed by atoms with E-state index in [1.807, 2.05) is 0 Å². The van der Waals surface area contributed by atoms with Gasteiger partial charge in [0.05, 0.1) is 0 Å². The van der Waals surface area contributed by atoms with E-state index in [-0.39, 0.29) is 71.0 Å². The molecule has 4 heavy (non-hydrogen) atoms. The maximum atomic E-state index is 0. The first-order chi connectivity index (χ1) is 0. The van der Waals surface area contributed by atoms with Gasteiger partial charge in [-0.25, -0.2) is 0 Å². The second-order valence-corrected chi connectivity index (χ2v) is 0. The SMILES string of the molecule is [AlH3].[Cu].[Mn].[Zn]. The van der Waals surface area contributed by atoms with Gasteiger partial charge in [0.1, 0.15) is 0 Å². The predicted octanol–water partition coefficient (Wildman–Crippen LogP) is -1.19. The summed E-state index contributed by atoms with van der Waals surface area (Å²) in [6.45, 7) is 0. The average Bonchev–Trinajstić information content (AvgIpc) is 0. The molecular formula is H3AlCuMnZn. The van der Waals surface area contributed by atoms with Crippen molar-refractivity contribution in [3.8, 4) is 0 Å². The molecule has 0 fully saturated rings. The minimum absolute atomic E-state index is 0. The third kappa shape index (κ3) is 8.89. The quantitative estimate of drug-likeness (QED) is 0.444. The first kappa shape index (κ1) is 34.7. The zero-order valence-electron chi connectivity index (χ0n) is 1.39. The van der Waals surface area contributed by atoms with Crippen LogP contribution in [0.1, 0.15) is 0 Å². The van der Waals surface area contributed by atoms with Crippen LogP contribution in [0.15, 0.2) is 0 Å². The average molecular weight is 214 g/mol. The van der Waals surface area contributed by atoms with Crippen LogP contribution < -0.4 is 0 Å². The summed E-state index contributed by atoms with van der Waals surface area (Å²) in [5.41, 5.74) is 0. The van der Waals surface area contributed by atoms with Crippen molar-refractivity contribution in [1.82, 2.24) is 0 Å². The van der Waals surface area contributed by atoms with E-state index in [1.165, 1.54) is 0 Å². The maximum absolute atomic E-state index is 0. The largest absolute Gasteiger partial charge is 0.187 e. The van der Waals surface area contributed by atoms with Crippen molar-refractivity contribution in [3.63, 3.8) is 0 Å². The molecule has 26 valence electrons. The molecule has 0 rings (SSSR count). The molecule has 0 aromatic carbocycles. The molecule has 0 saturated heterocycles. The maximum Gasteiger partial charge on any atom is 0.187 e. The van der Waals surface area contributed by atoms with Crippen LogP contribution in [0, 0.1) is 0 Å². The van der Waals surface area contributed by atoms with Crippen molar-refractivity contribution in [2.45, 2.75) is 0 Å². The summed E-state index contributed by atoms with van der Waals surface area (Å²) in [4.78, 5) is 0. The Bertz CT molecular complexity index is 8.00. The summed E-state index contributed by atoms with van der Waals surface area (Å²) in [7, 11) is 0. The third-order valence-corrected chi connectivity index (χ3v) is 0. The molecule has 0 heterocycles. The van der Waals surface area contributed by atoms with Crippen molar-refractivity contribution in [3.05, 3.63) is 0 Å². The van der Waals surface area contributed by atoms with Crippen LogP contribution in [-0.4, -0.2) is 17.4 Å². The van der Waals surface area contributed by atoms with Gasteiger partial charge in [-0.05, 0) is 0 Å². The Hall–Kier alpha value is 2.19. The zero-order chi connectivity index (χ0) is 0. The molecule has 0 N–H and O–H groups in total.